The number of nitrogens with one attached hydrogen (secondary N) is 1. The van der Waals surface area contributed by atoms with Crippen LogP contribution in [0.1, 0.15) is 32.1 Å². The third-order valence-electron chi connectivity index (χ3n) is 3.92. The van der Waals surface area contributed by atoms with Gasteiger partial charge in [0.1, 0.15) is 11.5 Å². The molecule has 0 unspecified atom stereocenters. The number of carbonyl (C=O) groups excluding carboxylic acids is 2. The summed E-state index contributed by atoms with van der Waals surface area (Å²) in [5.41, 5.74) is 0.528. The van der Waals surface area contributed by atoms with E-state index in [1.165, 1.54) is 20.6 Å². The van der Waals surface area contributed by atoms with Gasteiger partial charge in [-0.1, -0.05) is 19.3 Å². The Labute approximate surface area is 136 Å². The van der Waals surface area contributed by atoms with Gasteiger partial charge in [0, 0.05) is 23.9 Å². The molecule has 0 bridgehead atoms. The summed E-state index contributed by atoms with van der Waals surface area (Å²) >= 11 is 0. The Balaban J connectivity index is 1.85. The van der Waals surface area contributed by atoms with Crippen molar-refractivity contribution >= 4 is 17.6 Å². The lowest BCUT2D eigenvalue weighted by Gasteiger charge is -2.19. The maximum atomic E-state index is 11.9. The largest absolute Gasteiger partial charge is 0.497 e. The zero-order valence-electron chi connectivity index (χ0n) is 13.6. The van der Waals surface area contributed by atoms with Crippen molar-refractivity contribution in [2.24, 2.45) is 5.92 Å². The number of methoxy groups -OCH3 is 2. The molecule has 6 nitrogen and oxygen atoms in total. The lowest BCUT2D eigenvalue weighted by Crippen LogP contribution is -2.26. The van der Waals surface area contributed by atoms with Crippen molar-refractivity contribution in [2.45, 2.75) is 32.1 Å². The number of anilines is 1. The van der Waals surface area contributed by atoms with Crippen LogP contribution in [0.4, 0.5) is 5.69 Å². The third kappa shape index (κ3) is 5.16. The highest BCUT2D eigenvalue weighted by molar-refractivity contribution is 5.93. The number of benzene rings is 1. The standard InChI is InChI=1S/C17H23NO5/c1-21-14-8-13(9-15(10-14)22-2)18-16(19)11-23-17(20)12-6-4-3-5-7-12/h8-10,12H,3-7,11H2,1-2H3,(H,18,19). The zero-order chi connectivity index (χ0) is 16.7. The first-order chi connectivity index (χ1) is 11.1. The molecule has 0 spiro atoms. The van der Waals surface area contributed by atoms with E-state index in [4.69, 9.17) is 14.2 Å². The predicted octanol–water partition coefficient (Wildman–Crippen LogP) is 2.77. The van der Waals surface area contributed by atoms with Crippen molar-refractivity contribution in [2.75, 3.05) is 26.1 Å². The lowest BCUT2D eigenvalue weighted by atomic mass is 9.89. The molecule has 0 saturated heterocycles. The van der Waals surface area contributed by atoms with E-state index >= 15 is 0 Å². The minimum Gasteiger partial charge on any atom is -0.497 e. The Kier molecular flexibility index (Phi) is 6.26. The minimum absolute atomic E-state index is 0.0616. The number of ether oxygens (including phenoxy) is 3. The Morgan fingerprint density at radius 1 is 1.04 bits per heavy atom. The highest BCUT2D eigenvalue weighted by Gasteiger charge is 2.23. The number of rotatable bonds is 6. The van der Waals surface area contributed by atoms with Crippen LogP contribution >= 0.6 is 0 Å². The Morgan fingerprint density at radius 3 is 2.22 bits per heavy atom. The Bertz CT molecular complexity index is 530. The van der Waals surface area contributed by atoms with Gasteiger partial charge in [0.05, 0.1) is 20.1 Å². The molecule has 6 heteroatoms. The Hall–Kier alpha value is -2.24. The first-order valence-electron chi connectivity index (χ1n) is 7.82. The molecule has 1 aromatic rings. The van der Waals surface area contributed by atoms with E-state index in [-0.39, 0.29) is 24.4 Å². The summed E-state index contributed by atoms with van der Waals surface area (Å²) in [6, 6.07) is 5.05. The number of carbonyl (C=O) groups is 2. The van der Waals surface area contributed by atoms with Crippen molar-refractivity contribution in [1.29, 1.82) is 0 Å². The van der Waals surface area contributed by atoms with E-state index in [1.807, 2.05) is 0 Å². The Morgan fingerprint density at radius 2 is 1.65 bits per heavy atom. The summed E-state index contributed by atoms with van der Waals surface area (Å²) in [4.78, 5) is 23.8. The monoisotopic (exact) mass is 321 g/mol. The van der Waals surface area contributed by atoms with E-state index in [9.17, 15) is 9.59 Å². The number of hydrogen-bond donors (Lipinski definition) is 1. The highest BCUT2D eigenvalue weighted by Crippen LogP contribution is 2.26. The van der Waals surface area contributed by atoms with E-state index in [0.717, 1.165) is 25.7 Å². The van der Waals surface area contributed by atoms with Crippen LogP contribution in [0.3, 0.4) is 0 Å². The predicted molar refractivity (Wildman–Crippen MR) is 85.7 cm³/mol. The third-order valence-corrected chi connectivity index (χ3v) is 3.92. The SMILES string of the molecule is COc1cc(NC(=O)COC(=O)C2CCCCC2)cc(OC)c1. The molecule has 0 radical (unpaired) electrons. The molecule has 0 aromatic heterocycles. The smallest absolute Gasteiger partial charge is 0.309 e. The quantitative estimate of drug-likeness (QED) is 0.816. The molecule has 0 heterocycles. The second-order valence-corrected chi connectivity index (χ2v) is 5.59. The summed E-state index contributed by atoms with van der Waals surface area (Å²) in [5, 5.41) is 2.67. The summed E-state index contributed by atoms with van der Waals surface area (Å²) < 4.78 is 15.4. The number of amides is 1. The molecule has 1 saturated carbocycles. The average Bonchev–Trinajstić information content (AvgIpc) is 2.60. The maximum absolute atomic E-state index is 11.9. The highest BCUT2D eigenvalue weighted by atomic mass is 16.5. The zero-order valence-corrected chi connectivity index (χ0v) is 13.6. The van der Waals surface area contributed by atoms with Gasteiger partial charge in [0.15, 0.2) is 6.61 Å². The molecule has 1 N–H and O–H groups in total. The van der Waals surface area contributed by atoms with Gasteiger partial charge in [-0.3, -0.25) is 9.59 Å². The molecular formula is C17H23NO5. The van der Waals surface area contributed by atoms with Gasteiger partial charge in [-0.05, 0) is 12.8 Å². The summed E-state index contributed by atoms with van der Waals surface area (Å²) in [6.45, 7) is -0.283. The first kappa shape index (κ1) is 17.1. The summed E-state index contributed by atoms with van der Waals surface area (Å²) in [7, 11) is 3.07. The second-order valence-electron chi connectivity index (χ2n) is 5.59. The number of esters is 1. The normalized spacial score (nSPS) is 14.9. The van der Waals surface area contributed by atoms with Gasteiger partial charge in [-0.15, -0.1) is 0 Å². The fourth-order valence-electron chi connectivity index (χ4n) is 2.67. The number of hydrogen-bond acceptors (Lipinski definition) is 5. The molecule has 0 atom stereocenters. The van der Waals surface area contributed by atoms with Gasteiger partial charge in [0.25, 0.3) is 5.91 Å². The lowest BCUT2D eigenvalue weighted by molar-refractivity contribution is -0.152. The van der Waals surface area contributed by atoms with Crippen molar-refractivity contribution in [3.63, 3.8) is 0 Å². The molecule has 1 aromatic carbocycles. The second kappa shape index (κ2) is 8.41. The van der Waals surface area contributed by atoms with Gasteiger partial charge in [0.2, 0.25) is 0 Å². The average molecular weight is 321 g/mol. The first-order valence-corrected chi connectivity index (χ1v) is 7.82. The van der Waals surface area contributed by atoms with E-state index in [0.29, 0.717) is 17.2 Å². The van der Waals surface area contributed by atoms with E-state index < -0.39 is 0 Å². The van der Waals surface area contributed by atoms with Crippen molar-refractivity contribution < 1.29 is 23.8 Å². The summed E-state index contributed by atoms with van der Waals surface area (Å²) in [5.74, 6) is 0.415. The molecule has 1 amide bonds. The molecule has 126 valence electrons. The van der Waals surface area contributed by atoms with Gasteiger partial charge >= 0.3 is 5.97 Å². The van der Waals surface area contributed by atoms with E-state index in [1.54, 1.807) is 18.2 Å². The van der Waals surface area contributed by atoms with Crippen LogP contribution in [0.25, 0.3) is 0 Å². The molecule has 2 rings (SSSR count). The maximum Gasteiger partial charge on any atom is 0.309 e. The van der Waals surface area contributed by atoms with Gasteiger partial charge < -0.3 is 19.5 Å². The van der Waals surface area contributed by atoms with Crippen LogP contribution in [0.15, 0.2) is 18.2 Å². The molecule has 1 aliphatic rings. The molecule has 1 aliphatic carbocycles. The topological polar surface area (TPSA) is 73.9 Å². The van der Waals surface area contributed by atoms with Crippen LogP contribution in [0.2, 0.25) is 0 Å². The fraction of sp³-hybridized carbons (Fsp3) is 0.529. The molecule has 0 aliphatic heterocycles. The molecular weight excluding hydrogens is 298 g/mol. The van der Waals surface area contributed by atoms with Crippen molar-refractivity contribution in [1.82, 2.24) is 0 Å². The summed E-state index contributed by atoms with van der Waals surface area (Å²) in [6.07, 6.45) is 4.98. The van der Waals surface area contributed by atoms with E-state index in [2.05, 4.69) is 5.32 Å². The van der Waals surface area contributed by atoms with Crippen LogP contribution in [-0.4, -0.2) is 32.7 Å². The molecule has 1 fully saturated rings. The molecule has 23 heavy (non-hydrogen) atoms. The van der Waals surface area contributed by atoms with Crippen LogP contribution in [0.5, 0.6) is 11.5 Å². The minimum atomic E-state index is -0.385. The van der Waals surface area contributed by atoms with Crippen molar-refractivity contribution in [3.8, 4) is 11.5 Å². The van der Waals surface area contributed by atoms with Gasteiger partial charge in [-0.25, -0.2) is 0 Å². The van der Waals surface area contributed by atoms with Crippen LogP contribution in [0, 0.1) is 5.92 Å². The fourth-order valence-corrected chi connectivity index (χ4v) is 2.67. The van der Waals surface area contributed by atoms with Crippen LogP contribution in [-0.2, 0) is 14.3 Å². The van der Waals surface area contributed by atoms with Crippen LogP contribution < -0.4 is 14.8 Å². The van der Waals surface area contributed by atoms with Gasteiger partial charge in [-0.2, -0.15) is 0 Å². The van der Waals surface area contributed by atoms with Crippen molar-refractivity contribution in [3.05, 3.63) is 18.2 Å².